The number of aromatic nitrogens is 3. The summed E-state index contributed by atoms with van der Waals surface area (Å²) in [4.78, 5) is 25.9. The van der Waals surface area contributed by atoms with E-state index in [2.05, 4.69) is 35.7 Å². The Bertz CT molecular complexity index is 1120. The van der Waals surface area contributed by atoms with Gasteiger partial charge in [0.05, 0.1) is 11.1 Å². The molecule has 2 aromatic carbocycles. The lowest BCUT2D eigenvalue weighted by Gasteiger charge is -2.26. The van der Waals surface area contributed by atoms with Crippen molar-refractivity contribution in [1.29, 1.82) is 0 Å². The Morgan fingerprint density at radius 1 is 1.03 bits per heavy atom. The van der Waals surface area contributed by atoms with Crippen LogP contribution in [0.25, 0.3) is 0 Å². The number of nitro benzene ring substituents is 1. The molecule has 32 heavy (non-hydrogen) atoms. The third kappa shape index (κ3) is 5.25. The van der Waals surface area contributed by atoms with E-state index >= 15 is 0 Å². The number of phenols is 1. The molecule has 4 rings (SSSR count). The zero-order valence-corrected chi connectivity index (χ0v) is 17.2. The molecule has 1 saturated heterocycles. The van der Waals surface area contributed by atoms with E-state index in [0.717, 1.165) is 31.6 Å². The molecule has 11 heteroatoms. The second kappa shape index (κ2) is 9.69. The first kappa shape index (κ1) is 21.0. The summed E-state index contributed by atoms with van der Waals surface area (Å²) < 4.78 is 0. The highest BCUT2D eigenvalue weighted by Crippen LogP contribution is 2.22. The number of phenolic OH excluding ortho intramolecular Hbond substituents is 1. The van der Waals surface area contributed by atoms with Gasteiger partial charge in [0, 0.05) is 36.5 Å². The standard InChI is InChI=1S/C21H22N8O3/c30-18-10-9-17(29(31)32)13-15(18)14-22-27-20-24-19(23-16-7-3-1-4-8-16)25-21(26-20)28-11-5-2-6-12-28/h1,3-4,7-10,13-14,30H,2,5-6,11-12H2,(H2,23,24,25,26,27)/b22-14+. The van der Waals surface area contributed by atoms with Crippen LogP contribution in [-0.2, 0) is 0 Å². The van der Waals surface area contributed by atoms with E-state index in [9.17, 15) is 15.2 Å². The molecule has 0 bridgehead atoms. The Morgan fingerprint density at radius 3 is 2.53 bits per heavy atom. The van der Waals surface area contributed by atoms with Crippen molar-refractivity contribution in [3.05, 3.63) is 64.2 Å². The van der Waals surface area contributed by atoms with E-state index in [1.54, 1.807) is 0 Å². The number of anilines is 4. The van der Waals surface area contributed by atoms with Crippen molar-refractivity contribution in [2.75, 3.05) is 28.7 Å². The molecule has 0 atom stereocenters. The molecule has 0 amide bonds. The van der Waals surface area contributed by atoms with Crippen LogP contribution in [0.4, 0.5) is 29.2 Å². The molecule has 0 radical (unpaired) electrons. The second-order valence-corrected chi connectivity index (χ2v) is 7.19. The average molecular weight is 434 g/mol. The minimum atomic E-state index is -0.539. The van der Waals surface area contributed by atoms with Gasteiger partial charge in [-0.25, -0.2) is 5.43 Å². The third-order valence-corrected chi connectivity index (χ3v) is 4.88. The summed E-state index contributed by atoms with van der Waals surface area (Å²) in [5.41, 5.74) is 3.61. The number of non-ortho nitro benzene ring substituents is 1. The molecule has 0 unspecified atom stereocenters. The number of hydrazone groups is 1. The number of para-hydroxylation sites is 1. The van der Waals surface area contributed by atoms with Crippen LogP contribution in [-0.4, -0.2) is 44.3 Å². The van der Waals surface area contributed by atoms with E-state index in [1.807, 2.05) is 30.3 Å². The maximum atomic E-state index is 11.0. The molecule has 3 N–H and O–H groups in total. The number of benzene rings is 2. The van der Waals surface area contributed by atoms with Crippen molar-refractivity contribution >= 4 is 35.4 Å². The number of rotatable bonds is 7. The Kier molecular flexibility index (Phi) is 6.35. The van der Waals surface area contributed by atoms with Gasteiger partial charge < -0.3 is 15.3 Å². The number of nitrogens with zero attached hydrogens (tertiary/aromatic N) is 6. The number of hydrogen-bond donors (Lipinski definition) is 3. The van der Waals surface area contributed by atoms with Gasteiger partial charge in [0.25, 0.3) is 5.69 Å². The summed E-state index contributed by atoms with van der Waals surface area (Å²) in [6, 6.07) is 13.2. The van der Waals surface area contributed by atoms with E-state index in [-0.39, 0.29) is 22.9 Å². The van der Waals surface area contributed by atoms with Crippen LogP contribution in [0.1, 0.15) is 24.8 Å². The van der Waals surface area contributed by atoms with Crippen LogP contribution in [0, 0.1) is 10.1 Å². The second-order valence-electron chi connectivity index (χ2n) is 7.19. The molecule has 2 heterocycles. The van der Waals surface area contributed by atoms with Gasteiger partial charge in [0.15, 0.2) is 0 Å². The minimum Gasteiger partial charge on any atom is -0.507 e. The zero-order valence-electron chi connectivity index (χ0n) is 17.2. The van der Waals surface area contributed by atoms with Crippen molar-refractivity contribution < 1.29 is 10.0 Å². The van der Waals surface area contributed by atoms with E-state index in [0.29, 0.717) is 11.9 Å². The Hall–Kier alpha value is -4.28. The number of hydrogen-bond acceptors (Lipinski definition) is 10. The van der Waals surface area contributed by atoms with Crippen LogP contribution in [0.5, 0.6) is 5.75 Å². The molecule has 11 nitrogen and oxygen atoms in total. The molecule has 0 spiro atoms. The Morgan fingerprint density at radius 2 is 1.78 bits per heavy atom. The quantitative estimate of drug-likeness (QED) is 0.288. The highest BCUT2D eigenvalue weighted by molar-refractivity contribution is 5.84. The summed E-state index contributed by atoms with van der Waals surface area (Å²) in [7, 11) is 0. The van der Waals surface area contributed by atoms with Gasteiger partial charge in [-0.3, -0.25) is 10.1 Å². The normalized spacial score (nSPS) is 13.8. The van der Waals surface area contributed by atoms with E-state index in [4.69, 9.17) is 0 Å². The highest BCUT2D eigenvalue weighted by Gasteiger charge is 2.16. The van der Waals surface area contributed by atoms with Crippen LogP contribution >= 0.6 is 0 Å². The molecule has 1 aliphatic rings. The van der Waals surface area contributed by atoms with Crippen LogP contribution < -0.4 is 15.6 Å². The zero-order chi connectivity index (χ0) is 22.3. The number of nitro groups is 1. The predicted octanol–water partition coefficient (Wildman–Crippen LogP) is 3.67. The summed E-state index contributed by atoms with van der Waals surface area (Å²) in [6.45, 7) is 1.72. The molecule has 3 aromatic rings. The van der Waals surface area contributed by atoms with Gasteiger partial charge >= 0.3 is 0 Å². The summed E-state index contributed by atoms with van der Waals surface area (Å²) in [6.07, 6.45) is 4.59. The minimum absolute atomic E-state index is 0.128. The molecule has 1 aromatic heterocycles. The average Bonchev–Trinajstić information content (AvgIpc) is 2.81. The van der Waals surface area contributed by atoms with Gasteiger partial charge in [-0.2, -0.15) is 20.1 Å². The van der Waals surface area contributed by atoms with Crippen molar-refractivity contribution in [3.63, 3.8) is 0 Å². The first-order chi connectivity index (χ1) is 15.6. The van der Waals surface area contributed by atoms with Crippen LogP contribution in [0.15, 0.2) is 53.6 Å². The van der Waals surface area contributed by atoms with Crippen LogP contribution in [0.3, 0.4) is 0 Å². The van der Waals surface area contributed by atoms with Crippen molar-refractivity contribution in [2.45, 2.75) is 19.3 Å². The number of piperidine rings is 1. The third-order valence-electron chi connectivity index (χ3n) is 4.88. The Balaban J connectivity index is 1.58. The lowest BCUT2D eigenvalue weighted by atomic mass is 10.1. The number of nitrogens with one attached hydrogen (secondary N) is 2. The lowest BCUT2D eigenvalue weighted by Crippen LogP contribution is -2.31. The highest BCUT2D eigenvalue weighted by atomic mass is 16.6. The fourth-order valence-electron chi connectivity index (χ4n) is 3.28. The molecule has 1 fully saturated rings. The van der Waals surface area contributed by atoms with Crippen LogP contribution in [0.2, 0.25) is 0 Å². The topological polar surface area (TPSA) is 142 Å². The summed E-state index contributed by atoms with van der Waals surface area (Å²) in [5.74, 6) is 0.981. The first-order valence-corrected chi connectivity index (χ1v) is 10.2. The van der Waals surface area contributed by atoms with Gasteiger partial charge in [-0.05, 0) is 37.5 Å². The van der Waals surface area contributed by atoms with Gasteiger partial charge in [0.2, 0.25) is 17.8 Å². The van der Waals surface area contributed by atoms with Crippen molar-refractivity contribution in [2.24, 2.45) is 5.10 Å². The van der Waals surface area contributed by atoms with E-state index < -0.39 is 4.92 Å². The number of aromatic hydroxyl groups is 1. The molecule has 164 valence electrons. The molecule has 0 saturated carbocycles. The molecule has 0 aliphatic carbocycles. The fraction of sp³-hybridized carbons (Fsp3) is 0.238. The molecular weight excluding hydrogens is 412 g/mol. The van der Waals surface area contributed by atoms with E-state index in [1.165, 1.54) is 30.8 Å². The van der Waals surface area contributed by atoms with Gasteiger partial charge in [0.1, 0.15) is 5.75 Å². The first-order valence-electron chi connectivity index (χ1n) is 10.2. The maximum Gasteiger partial charge on any atom is 0.270 e. The largest absolute Gasteiger partial charge is 0.507 e. The van der Waals surface area contributed by atoms with Gasteiger partial charge in [-0.15, -0.1) is 0 Å². The van der Waals surface area contributed by atoms with Crippen molar-refractivity contribution in [3.8, 4) is 5.75 Å². The maximum absolute atomic E-state index is 11.0. The van der Waals surface area contributed by atoms with Crippen molar-refractivity contribution in [1.82, 2.24) is 15.0 Å². The predicted molar refractivity (Wildman–Crippen MR) is 122 cm³/mol. The lowest BCUT2D eigenvalue weighted by molar-refractivity contribution is -0.384. The summed E-state index contributed by atoms with van der Waals surface area (Å²) in [5, 5.41) is 28.1. The fourth-order valence-corrected chi connectivity index (χ4v) is 3.28. The molecule has 1 aliphatic heterocycles. The molecular formula is C21H22N8O3. The monoisotopic (exact) mass is 434 g/mol. The van der Waals surface area contributed by atoms with Gasteiger partial charge in [-0.1, -0.05) is 18.2 Å². The Labute approximate surface area is 184 Å². The summed E-state index contributed by atoms with van der Waals surface area (Å²) >= 11 is 0. The SMILES string of the molecule is O=[N+]([O-])c1ccc(O)c(/C=N/Nc2nc(Nc3ccccc3)nc(N3CCCCC3)n2)c1. The smallest absolute Gasteiger partial charge is 0.270 e.